The van der Waals surface area contributed by atoms with E-state index in [0.29, 0.717) is 5.82 Å². The molecule has 0 aliphatic carbocycles. The normalized spacial score (nSPS) is 20.5. The van der Waals surface area contributed by atoms with Gasteiger partial charge in [0, 0.05) is 13.1 Å². The number of anilines is 2. The molecule has 2 heterocycles. The summed E-state index contributed by atoms with van der Waals surface area (Å²) in [4.78, 5) is 2.41. The van der Waals surface area contributed by atoms with Gasteiger partial charge in [-0.15, -0.1) is 0 Å². The monoisotopic (exact) mass is 297 g/mol. The third kappa shape index (κ3) is 3.57. The number of hydrogen-bond donors (Lipinski definition) is 1. The van der Waals surface area contributed by atoms with Crippen LogP contribution in [0.2, 0.25) is 0 Å². The summed E-state index contributed by atoms with van der Waals surface area (Å²) >= 11 is 1.47. The fourth-order valence-corrected chi connectivity index (χ4v) is 3.63. The molecule has 1 aromatic rings. The van der Waals surface area contributed by atoms with E-state index in [-0.39, 0.29) is 6.10 Å². The van der Waals surface area contributed by atoms with Crippen molar-refractivity contribution in [3.8, 4) is 5.75 Å². The van der Waals surface area contributed by atoms with E-state index in [1.54, 1.807) is 0 Å². The van der Waals surface area contributed by atoms with Crippen LogP contribution in [0.15, 0.2) is 0 Å². The summed E-state index contributed by atoms with van der Waals surface area (Å²) in [7, 11) is 0. The van der Waals surface area contributed by atoms with Crippen molar-refractivity contribution >= 4 is 22.4 Å². The summed E-state index contributed by atoms with van der Waals surface area (Å²) in [6.45, 7) is 10.9. The predicted molar refractivity (Wildman–Crippen MR) is 86.7 cm³/mol. The predicted octanol–water partition coefficient (Wildman–Crippen LogP) is 3.78. The van der Waals surface area contributed by atoms with Gasteiger partial charge in [0.15, 0.2) is 16.6 Å². The minimum absolute atomic E-state index is 0.128. The first-order valence-electron chi connectivity index (χ1n) is 7.65. The van der Waals surface area contributed by atoms with Crippen molar-refractivity contribution in [2.45, 2.75) is 53.1 Å². The number of ether oxygens (including phenoxy) is 1. The van der Waals surface area contributed by atoms with Gasteiger partial charge in [0.1, 0.15) is 0 Å². The van der Waals surface area contributed by atoms with E-state index in [1.807, 2.05) is 13.8 Å². The van der Waals surface area contributed by atoms with Gasteiger partial charge in [-0.05, 0) is 56.5 Å². The Morgan fingerprint density at radius 1 is 1.25 bits per heavy atom. The van der Waals surface area contributed by atoms with Crippen LogP contribution < -0.4 is 15.4 Å². The molecule has 1 aliphatic heterocycles. The second-order valence-corrected chi connectivity index (χ2v) is 7.04. The van der Waals surface area contributed by atoms with Gasteiger partial charge in [-0.2, -0.15) is 4.37 Å². The Labute approximate surface area is 126 Å². The van der Waals surface area contributed by atoms with Crippen molar-refractivity contribution < 1.29 is 4.74 Å². The van der Waals surface area contributed by atoms with Crippen LogP contribution in [0.3, 0.4) is 0 Å². The lowest BCUT2D eigenvalue weighted by molar-refractivity contribution is 0.245. The minimum Gasteiger partial charge on any atom is -0.484 e. The van der Waals surface area contributed by atoms with Crippen molar-refractivity contribution in [2.75, 3.05) is 23.7 Å². The zero-order valence-corrected chi connectivity index (χ0v) is 13.9. The summed E-state index contributed by atoms with van der Waals surface area (Å²) < 4.78 is 10.1. The fourth-order valence-electron chi connectivity index (χ4n) is 2.82. The van der Waals surface area contributed by atoms with E-state index >= 15 is 0 Å². The van der Waals surface area contributed by atoms with Crippen LogP contribution in [-0.4, -0.2) is 23.6 Å². The van der Waals surface area contributed by atoms with Crippen molar-refractivity contribution in [3.05, 3.63) is 0 Å². The summed E-state index contributed by atoms with van der Waals surface area (Å²) in [5.74, 6) is 2.92. The lowest BCUT2D eigenvalue weighted by Gasteiger charge is -2.23. The first kappa shape index (κ1) is 15.4. The number of nitrogens with zero attached hydrogens (tertiary/aromatic N) is 2. The van der Waals surface area contributed by atoms with Crippen LogP contribution in [0.25, 0.3) is 0 Å². The molecule has 5 heteroatoms. The van der Waals surface area contributed by atoms with E-state index in [9.17, 15) is 0 Å². The van der Waals surface area contributed by atoms with Crippen LogP contribution in [-0.2, 0) is 0 Å². The quantitative estimate of drug-likeness (QED) is 0.919. The highest BCUT2D eigenvalue weighted by molar-refractivity contribution is 7.11. The maximum atomic E-state index is 5.96. The zero-order chi connectivity index (χ0) is 14.7. The molecule has 0 bridgehead atoms. The first-order valence-corrected chi connectivity index (χ1v) is 8.43. The van der Waals surface area contributed by atoms with E-state index < -0.39 is 0 Å². The minimum atomic E-state index is 0.128. The Bertz CT molecular complexity index is 431. The molecular formula is C15H27N3OS. The van der Waals surface area contributed by atoms with E-state index in [0.717, 1.165) is 35.7 Å². The summed E-state index contributed by atoms with van der Waals surface area (Å²) in [6, 6.07) is 0. The summed E-state index contributed by atoms with van der Waals surface area (Å²) in [6.07, 6.45) is 3.93. The maximum Gasteiger partial charge on any atom is 0.198 e. The Morgan fingerprint density at radius 3 is 2.65 bits per heavy atom. The van der Waals surface area contributed by atoms with Gasteiger partial charge in [-0.1, -0.05) is 13.8 Å². The van der Waals surface area contributed by atoms with E-state index in [1.165, 1.54) is 30.8 Å². The molecule has 114 valence electrons. The lowest BCUT2D eigenvalue weighted by atomic mass is 9.89. The van der Waals surface area contributed by atoms with Gasteiger partial charge in [-0.25, -0.2) is 0 Å². The Kier molecular flexibility index (Phi) is 5.13. The van der Waals surface area contributed by atoms with Gasteiger partial charge in [0.05, 0.1) is 6.10 Å². The summed E-state index contributed by atoms with van der Waals surface area (Å²) in [5, 5.41) is 1.11. The third-order valence-corrected chi connectivity index (χ3v) is 4.92. The molecule has 20 heavy (non-hydrogen) atoms. The van der Waals surface area contributed by atoms with Crippen LogP contribution in [0.1, 0.15) is 47.0 Å². The molecule has 0 radical (unpaired) electrons. The average Bonchev–Trinajstić information content (AvgIpc) is 2.62. The molecule has 2 N–H and O–H groups in total. The van der Waals surface area contributed by atoms with Crippen molar-refractivity contribution in [3.63, 3.8) is 0 Å². The van der Waals surface area contributed by atoms with Gasteiger partial charge >= 0.3 is 0 Å². The number of hydrogen-bond acceptors (Lipinski definition) is 5. The van der Waals surface area contributed by atoms with Crippen molar-refractivity contribution in [1.82, 2.24) is 4.37 Å². The van der Waals surface area contributed by atoms with Crippen molar-refractivity contribution in [1.29, 1.82) is 0 Å². The maximum absolute atomic E-state index is 5.96. The molecule has 2 rings (SSSR count). The molecule has 1 aliphatic rings. The van der Waals surface area contributed by atoms with Gasteiger partial charge < -0.3 is 15.4 Å². The molecule has 1 aromatic heterocycles. The highest BCUT2D eigenvalue weighted by Crippen LogP contribution is 2.40. The van der Waals surface area contributed by atoms with Crippen LogP contribution in [0.5, 0.6) is 5.75 Å². The topological polar surface area (TPSA) is 51.4 Å². The number of nitrogen functional groups attached to an aromatic ring is 1. The fraction of sp³-hybridized carbons (Fsp3) is 0.800. The molecule has 4 nitrogen and oxygen atoms in total. The van der Waals surface area contributed by atoms with E-state index in [2.05, 4.69) is 23.1 Å². The number of nitrogens with two attached hydrogens (primary N) is 1. The van der Waals surface area contributed by atoms with E-state index in [4.69, 9.17) is 10.5 Å². The standard InChI is InChI=1S/C15H27N3OS/c1-10(2)12-6-5-8-18(9-7-12)15-13(19-11(3)4)14(16)17-20-15/h10-12H,5-9H2,1-4H3,(H2,16,17). The first-order chi connectivity index (χ1) is 9.49. The van der Waals surface area contributed by atoms with Crippen LogP contribution in [0, 0.1) is 11.8 Å². The zero-order valence-electron chi connectivity index (χ0n) is 13.1. The molecule has 0 spiro atoms. The van der Waals surface area contributed by atoms with Crippen LogP contribution >= 0.6 is 11.5 Å². The van der Waals surface area contributed by atoms with Gasteiger partial charge in [0.2, 0.25) is 0 Å². The highest BCUT2D eigenvalue weighted by Gasteiger charge is 2.24. The number of rotatable bonds is 4. The molecule has 1 saturated heterocycles. The molecule has 1 unspecified atom stereocenters. The Balaban J connectivity index is 2.11. The van der Waals surface area contributed by atoms with Crippen molar-refractivity contribution in [2.24, 2.45) is 11.8 Å². The third-order valence-electron chi connectivity index (χ3n) is 4.01. The van der Waals surface area contributed by atoms with Crippen LogP contribution in [0.4, 0.5) is 10.8 Å². The molecule has 0 amide bonds. The smallest absolute Gasteiger partial charge is 0.198 e. The summed E-state index contributed by atoms with van der Waals surface area (Å²) in [5.41, 5.74) is 5.96. The molecule has 1 atom stereocenters. The lowest BCUT2D eigenvalue weighted by Crippen LogP contribution is -2.24. The Morgan fingerprint density at radius 2 is 2.00 bits per heavy atom. The molecule has 0 saturated carbocycles. The number of aromatic nitrogens is 1. The second-order valence-electron chi connectivity index (χ2n) is 6.29. The molecule has 1 fully saturated rings. The Hall–Kier alpha value is -0.970. The second kappa shape index (κ2) is 6.66. The SMILES string of the molecule is CC(C)Oc1c(N)nsc1N1CCCC(C(C)C)CC1. The van der Waals surface area contributed by atoms with Gasteiger partial charge in [0.25, 0.3) is 0 Å². The largest absolute Gasteiger partial charge is 0.484 e. The molecular weight excluding hydrogens is 270 g/mol. The average molecular weight is 297 g/mol. The molecule has 0 aromatic carbocycles. The van der Waals surface area contributed by atoms with Gasteiger partial charge in [-0.3, -0.25) is 0 Å². The highest BCUT2D eigenvalue weighted by atomic mass is 32.1.